The van der Waals surface area contributed by atoms with Gasteiger partial charge in [0.1, 0.15) is 16.5 Å². The number of benzene rings is 2. The number of hydrogen-bond donors (Lipinski definition) is 0. The predicted octanol–water partition coefficient (Wildman–Crippen LogP) is 5.73. The maximum atomic E-state index is 12.9. The Hall–Kier alpha value is -3.51. The average Bonchev–Trinajstić information content (AvgIpc) is 3.46. The van der Waals surface area contributed by atoms with E-state index in [0.717, 1.165) is 26.9 Å². The lowest BCUT2D eigenvalue weighted by molar-refractivity contribution is -0.121. The van der Waals surface area contributed by atoms with Gasteiger partial charge in [0.2, 0.25) is 0 Å². The first-order chi connectivity index (χ1) is 15.2. The number of ether oxygens (including phenoxy) is 1. The van der Waals surface area contributed by atoms with Crippen molar-refractivity contribution in [3.8, 4) is 21.9 Å². The van der Waals surface area contributed by atoms with Crippen molar-refractivity contribution in [2.24, 2.45) is 0 Å². The maximum absolute atomic E-state index is 12.9. The number of aromatic nitrogens is 2. The zero-order chi connectivity index (χ0) is 21.2. The van der Waals surface area contributed by atoms with Gasteiger partial charge in [-0.15, -0.1) is 11.3 Å². The lowest BCUT2D eigenvalue weighted by Crippen LogP contribution is -2.28. The Labute approximate surface area is 184 Å². The van der Waals surface area contributed by atoms with Gasteiger partial charge >= 0.3 is 0 Å². The second-order valence-electron chi connectivity index (χ2n) is 7.48. The summed E-state index contributed by atoms with van der Waals surface area (Å²) in [7, 11) is 0. The third-order valence-electron chi connectivity index (χ3n) is 5.41. The number of Topliss-reactive ketones (excluding diaryl/α,β-unsaturated/α-hetero) is 2. The molecule has 6 heteroatoms. The van der Waals surface area contributed by atoms with Crippen molar-refractivity contribution in [3.63, 3.8) is 0 Å². The average molecular weight is 429 g/mol. The van der Waals surface area contributed by atoms with E-state index in [1.807, 2.05) is 77.6 Å². The van der Waals surface area contributed by atoms with E-state index >= 15 is 0 Å². The van der Waals surface area contributed by atoms with Gasteiger partial charge in [-0.25, -0.2) is 4.98 Å². The summed E-state index contributed by atoms with van der Waals surface area (Å²) in [6, 6.07) is 20.8. The number of nitrogens with zero attached hydrogens (tertiary/aromatic N) is 2. The summed E-state index contributed by atoms with van der Waals surface area (Å²) in [5.74, 6) is 1.76. The zero-order valence-electron chi connectivity index (χ0n) is 16.7. The number of rotatable bonds is 6. The molecule has 0 bridgehead atoms. The third-order valence-corrected chi connectivity index (χ3v) is 6.46. The third kappa shape index (κ3) is 4.07. The molecule has 5 nitrogen and oxygen atoms in total. The Morgan fingerprint density at radius 3 is 2.61 bits per heavy atom. The van der Waals surface area contributed by atoms with Crippen LogP contribution in [0.2, 0.25) is 0 Å². The van der Waals surface area contributed by atoms with E-state index in [0.29, 0.717) is 18.5 Å². The van der Waals surface area contributed by atoms with Gasteiger partial charge in [-0.1, -0.05) is 18.2 Å². The van der Waals surface area contributed by atoms with Crippen molar-refractivity contribution in [1.82, 2.24) is 9.55 Å². The molecule has 1 aliphatic rings. The lowest BCUT2D eigenvalue weighted by Gasteiger charge is -2.24. The summed E-state index contributed by atoms with van der Waals surface area (Å²) in [5.41, 5.74) is 1.66. The molecule has 1 unspecified atom stereocenters. The molecular formula is C25H20N2O3S. The Morgan fingerprint density at radius 2 is 1.81 bits per heavy atom. The number of thiazole rings is 1. The highest BCUT2D eigenvalue weighted by atomic mass is 32.1. The molecule has 0 radical (unpaired) electrons. The van der Waals surface area contributed by atoms with Crippen LogP contribution in [0.4, 0.5) is 0 Å². The molecule has 2 aromatic carbocycles. The van der Waals surface area contributed by atoms with E-state index in [1.54, 1.807) is 6.07 Å². The first kappa shape index (κ1) is 19.5. The molecule has 0 aliphatic carbocycles. The summed E-state index contributed by atoms with van der Waals surface area (Å²) >= 11 is 1.52. The van der Waals surface area contributed by atoms with Gasteiger partial charge < -0.3 is 9.30 Å². The van der Waals surface area contributed by atoms with Gasteiger partial charge in [0.25, 0.3) is 0 Å². The van der Waals surface area contributed by atoms with Gasteiger partial charge in [-0.3, -0.25) is 9.59 Å². The minimum Gasteiger partial charge on any atom is -0.457 e. The fourth-order valence-electron chi connectivity index (χ4n) is 3.86. The molecule has 0 saturated carbocycles. The fourth-order valence-corrected chi connectivity index (χ4v) is 4.79. The second kappa shape index (κ2) is 8.32. The van der Waals surface area contributed by atoms with Crippen LogP contribution in [0, 0.1) is 0 Å². The molecule has 4 aromatic rings. The number of carbonyl (C=O) groups is 2. The first-order valence-corrected chi connectivity index (χ1v) is 11.0. The van der Waals surface area contributed by atoms with Gasteiger partial charge in [0.15, 0.2) is 11.6 Å². The van der Waals surface area contributed by atoms with Crippen molar-refractivity contribution in [2.45, 2.75) is 25.3 Å². The Kier molecular flexibility index (Phi) is 5.22. The molecule has 0 spiro atoms. The quantitative estimate of drug-likeness (QED) is 0.393. The lowest BCUT2D eigenvalue weighted by atomic mass is 9.97. The van der Waals surface area contributed by atoms with Crippen molar-refractivity contribution in [3.05, 3.63) is 89.8 Å². The standard InChI is InChI=1S/C25H20N2O3S/c28-22-13-12-21(27-14-4-7-20(22)27)23(29)15-25-26-16-24(31-25)17-8-10-19(11-9-17)30-18-5-2-1-3-6-18/h1-11,14,16,21H,12-13,15H2. The summed E-state index contributed by atoms with van der Waals surface area (Å²) < 4.78 is 7.65. The highest BCUT2D eigenvalue weighted by molar-refractivity contribution is 7.15. The summed E-state index contributed by atoms with van der Waals surface area (Å²) in [6.07, 6.45) is 4.88. The Bertz CT molecular complexity index is 1230. The van der Waals surface area contributed by atoms with E-state index in [-0.39, 0.29) is 24.0 Å². The number of fused-ring (bicyclic) bond motifs is 1. The number of ketones is 2. The van der Waals surface area contributed by atoms with Crippen LogP contribution in [0.1, 0.15) is 34.4 Å². The molecule has 0 N–H and O–H groups in total. The molecule has 31 heavy (non-hydrogen) atoms. The maximum Gasteiger partial charge on any atom is 0.179 e. The number of para-hydroxylation sites is 1. The van der Waals surface area contributed by atoms with Crippen LogP contribution in [0.5, 0.6) is 11.5 Å². The fraction of sp³-hybridized carbons (Fsp3) is 0.160. The predicted molar refractivity (Wildman–Crippen MR) is 120 cm³/mol. The molecule has 1 atom stereocenters. The Balaban J connectivity index is 1.27. The molecule has 2 aromatic heterocycles. The van der Waals surface area contributed by atoms with Crippen LogP contribution in [-0.4, -0.2) is 21.1 Å². The van der Waals surface area contributed by atoms with Gasteiger partial charge in [0, 0.05) is 18.8 Å². The SMILES string of the molecule is O=C1CCC(C(=O)Cc2ncc(-c3ccc(Oc4ccccc4)cc3)s2)n2cccc21. The van der Waals surface area contributed by atoms with Crippen LogP contribution >= 0.6 is 11.3 Å². The van der Waals surface area contributed by atoms with Crippen LogP contribution in [0.3, 0.4) is 0 Å². The van der Waals surface area contributed by atoms with E-state index in [4.69, 9.17) is 4.74 Å². The molecular weight excluding hydrogens is 408 g/mol. The topological polar surface area (TPSA) is 61.2 Å². The summed E-state index contributed by atoms with van der Waals surface area (Å²) in [6.45, 7) is 0. The molecule has 154 valence electrons. The normalized spacial score (nSPS) is 15.5. The highest BCUT2D eigenvalue weighted by Gasteiger charge is 2.29. The van der Waals surface area contributed by atoms with Crippen LogP contribution in [-0.2, 0) is 11.2 Å². The van der Waals surface area contributed by atoms with Gasteiger partial charge in [0.05, 0.1) is 23.0 Å². The molecule has 0 saturated heterocycles. The van der Waals surface area contributed by atoms with E-state index in [1.165, 1.54) is 11.3 Å². The minimum absolute atomic E-state index is 0.0949. The smallest absolute Gasteiger partial charge is 0.179 e. The van der Waals surface area contributed by atoms with Gasteiger partial charge in [-0.05, 0) is 60.5 Å². The molecule has 1 aliphatic heterocycles. The van der Waals surface area contributed by atoms with Gasteiger partial charge in [-0.2, -0.15) is 0 Å². The van der Waals surface area contributed by atoms with Crippen LogP contribution in [0.25, 0.3) is 10.4 Å². The zero-order valence-corrected chi connectivity index (χ0v) is 17.5. The van der Waals surface area contributed by atoms with Crippen molar-refractivity contribution >= 4 is 22.9 Å². The van der Waals surface area contributed by atoms with Crippen molar-refractivity contribution < 1.29 is 14.3 Å². The molecule has 3 heterocycles. The minimum atomic E-state index is -0.288. The number of carbonyl (C=O) groups excluding carboxylic acids is 2. The monoisotopic (exact) mass is 428 g/mol. The number of hydrogen-bond acceptors (Lipinski definition) is 5. The van der Waals surface area contributed by atoms with E-state index in [9.17, 15) is 9.59 Å². The largest absolute Gasteiger partial charge is 0.457 e. The molecule has 0 fully saturated rings. The second-order valence-corrected chi connectivity index (χ2v) is 8.59. The molecule has 5 rings (SSSR count). The first-order valence-electron chi connectivity index (χ1n) is 10.2. The van der Waals surface area contributed by atoms with Crippen LogP contribution in [0.15, 0.2) is 79.1 Å². The summed E-state index contributed by atoms with van der Waals surface area (Å²) in [4.78, 5) is 30.4. The van der Waals surface area contributed by atoms with Crippen LogP contribution < -0.4 is 4.74 Å². The summed E-state index contributed by atoms with van der Waals surface area (Å²) in [5, 5.41) is 0.787. The van der Waals surface area contributed by atoms with E-state index < -0.39 is 0 Å². The van der Waals surface area contributed by atoms with Crippen molar-refractivity contribution in [1.29, 1.82) is 0 Å². The molecule has 0 amide bonds. The highest BCUT2D eigenvalue weighted by Crippen LogP contribution is 2.31. The van der Waals surface area contributed by atoms with E-state index in [2.05, 4.69) is 4.98 Å². The van der Waals surface area contributed by atoms with Crippen molar-refractivity contribution in [2.75, 3.05) is 0 Å². The Morgan fingerprint density at radius 1 is 1.03 bits per heavy atom.